The molecule has 150 valence electrons. The number of thiophene rings is 1. The Hall–Kier alpha value is -1.29. The molecular weight excluding hydrogens is 471 g/mol. The SMILES string of the molecule is CN=C(NCCCn1nc(C)cc1C)NC1CCN(c2cccs2)CC1.I. The van der Waals surface area contributed by atoms with Gasteiger partial charge < -0.3 is 15.5 Å². The molecule has 0 unspecified atom stereocenters. The Morgan fingerprint density at radius 2 is 2.11 bits per heavy atom. The molecule has 3 heterocycles. The highest BCUT2D eigenvalue weighted by molar-refractivity contribution is 14.0. The highest BCUT2D eigenvalue weighted by atomic mass is 127. The first-order chi connectivity index (χ1) is 12.7. The summed E-state index contributed by atoms with van der Waals surface area (Å²) in [5.74, 6) is 0.910. The number of hydrogen-bond donors (Lipinski definition) is 2. The molecule has 0 saturated carbocycles. The Balaban J connectivity index is 0.00000261. The summed E-state index contributed by atoms with van der Waals surface area (Å²) in [6, 6.07) is 6.95. The third-order valence-corrected chi connectivity index (χ3v) is 5.75. The summed E-state index contributed by atoms with van der Waals surface area (Å²) in [5, 5.41) is 15.1. The number of hydrogen-bond acceptors (Lipinski definition) is 4. The van der Waals surface area contributed by atoms with Crippen LogP contribution in [0.4, 0.5) is 5.00 Å². The number of guanidine groups is 1. The van der Waals surface area contributed by atoms with E-state index in [1.807, 2.05) is 25.3 Å². The van der Waals surface area contributed by atoms with E-state index in [-0.39, 0.29) is 24.0 Å². The van der Waals surface area contributed by atoms with Gasteiger partial charge in [-0.2, -0.15) is 5.10 Å². The summed E-state index contributed by atoms with van der Waals surface area (Å²) in [4.78, 5) is 6.86. The fourth-order valence-electron chi connectivity index (χ4n) is 3.42. The summed E-state index contributed by atoms with van der Waals surface area (Å²) in [5.41, 5.74) is 2.31. The maximum Gasteiger partial charge on any atom is 0.191 e. The molecule has 0 amide bonds. The molecule has 0 aliphatic carbocycles. The first kappa shape index (κ1) is 22.0. The Morgan fingerprint density at radius 1 is 1.33 bits per heavy atom. The number of aromatic nitrogens is 2. The number of aryl methyl sites for hydroxylation is 3. The first-order valence-electron chi connectivity index (χ1n) is 9.42. The van der Waals surface area contributed by atoms with Crippen molar-refractivity contribution in [1.29, 1.82) is 0 Å². The van der Waals surface area contributed by atoms with Gasteiger partial charge in [-0.15, -0.1) is 35.3 Å². The highest BCUT2D eigenvalue weighted by Crippen LogP contribution is 2.24. The topological polar surface area (TPSA) is 57.5 Å². The van der Waals surface area contributed by atoms with Crippen LogP contribution in [0.2, 0.25) is 0 Å². The van der Waals surface area contributed by atoms with Crippen molar-refractivity contribution >= 4 is 46.3 Å². The molecule has 1 saturated heterocycles. The third-order valence-electron chi connectivity index (χ3n) is 4.82. The Kier molecular flexibility index (Phi) is 8.88. The average Bonchev–Trinajstić information content (AvgIpc) is 3.28. The van der Waals surface area contributed by atoms with Crippen LogP contribution in [0.5, 0.6) is 0 Å². The lowest BCUT2D eigenvalue weighted by Crippen LogP contribution is -2.48. The monoisotopic (exact) mass is 502 g/mol. The van der Waals surface area contributed by atoms with Gasteiger partial charge in [0.1, 0.15) is 0 Å². The summed E-state index contributed by atoms with van der Waals surface area (Å²) >= 11 is 1.83. The molecule has 6 nitrogen and oxygen atoms in total. The molecule has 8 heteroatoms. The minimum absolute atomic E-state index is 0. The molecular formula is C19H31IN6S. The van der Waals surface area contributed by atoms with Gasteiger partial charge in [0, 0.05) is 45.0 Å². The lowest BCUT2D eigenvalue weighted by molar-refractivity contribution is 0.461. The molecule has 0 bridgehead atoms. The molecule has 2 aromatic rings. The van der Waals surface area contributed by atoms with E-state index >= 15 is 0 Å². The lowest BCUT2D eigenvalue weighted by atomic mass is 10.1. The molecule has 3 rings (SSSR count). The van der Waals surface area contributed by atoms with Gasteiger partial charge in [-0.1, -0.05) is 0 Å². The van der Waals surface area contributed by atoms with Gasteiger partial charge in [0.25, 0.3) is 0 Å². The minimum atomic E-state index is 0. The number of rotatable bonds is 6. The van der Waals surface area contributed by atoms with Crippen molar-refractivity contribution in [3.05, 3.63) is 35.0 Å². The van der Waals surface area contributed by atoms with E-state index in [1.165, 1.54) is 10.7 Å². The number of halogens is 1. The quantitative estimate of drug-likeness (QED) is 0.275. The molecule has 1 fully saturated rings. The molecule has 0 radical (unpaired) electrons. The van der Waals surface area contributed by atoms with Crippen molar-refractivity contribution in [2.24, 2.45) is 4.99 Å². The van der Waals surface area contributed by atoms with E-state index in [1.54, 1.807) is 0 Å². The molecule has 0 atom stereocenters. The van der Waals surface area contributed by atoms with Crippen molar-refractivity contribution in [3.8, 4) is 0 Å². The summed E-state index contributed by atoms with van der Waals surface area (Å²) in [7, 11) is 1.84. The fourth-order valence-corrected chi connectivity index (χ4v) is 4.20. The molecule has 1 aliphatic rings. The minimum Gasteiger partial charge on any atom is -0.363 e. The van der Waals surface area contributed by atoms with Crippen LogP contribution in [0.25, 0.3) is 0 Å². The van der Waals surface area contributed by atoms with Crippen LogP contribution in [0.1, 0.15) is 30.7 Å². The van der Waals surface area contributed by atoms with Gasteiger partial charge in [0.15, 0.2) is 5.96 Å². The molecule has 0 aromatic carbocycles. The van der Waals surface area contributed by atoms with Crippen LogP contribution in [0, 0.1) is 13.8 Å². The smallest absolute Gasteiger partial charge is 0.191 e. The van der Waals surface area contributed by atoms with E-state index in [2.05, 4.69) is 60.8 Å². The summed E-state index contributed by atoms with van der Waals surface area (Å²) < 4.78 is 2.08. The number of aliphatic imine (C=N–C) groups is 1. The van der Waals surface area contributed by atoms with Crippen molar-refractivity contribution in [2.75, 3.05) is 31.6 Å². The summed E-state index contributed by atoms with van der Waals surface area (Å²) in [6.07, 6.45) is 3.31. The molecule has 2 aromatic heterocycles. The fraction of sp³-hybridized carbons (Fsp3) is 0.579. The van der Waals surface area contributed by atoms with Crippen LogP contribution in [-0.4, -0.2) is 48.5 Å². The van der Waals surface area contributed by atoms with Crippen LogP contribution in [-0.2, 0) is 6.54 Å². The van der Waals surface area contributed by atoms with Crippen molar-refractivity contribution < 1.29 is 0 Å². The highest BCUT2D eigenvalue weighted by Gasteiger charge is 2.20. The second-order valence-electron chi connectivity index (χ2n) is 6.86. The van der Waals surface area contributed by atoms with Gasteiger partial charge >= 0.3 is 0 Å². The number of anilines is 1. The van der Waals surface area contributed by atoms with Gasteiger partial charge in [0.2, 0.25) is 0 Å². The zero-order valence-electron chi connectivity index (χ0n) is 16.4. The van der Waals surface area contributed by atoms with Crippen LogP contribution >= 0.6 is 35.3 Å². The van der Waals surface area contributed by atoms with Gasteiger partial charge in [0.05, 0.1) is 10.7 Å². The lowest BCUT2D eigenvalue weighted by Gasteiger charge is -2.33. The van der Waals surface area contributed by atoms with Crippen LogP contribution < -0.4 is 15.5 Å². The van der Waals surface area contributed by atoms with E-state index in [4.69, 9.17) is 0 Å². The summed E-state index contributed by atoms with van der Waals surface area (Å²) in [6.45, 7) is 8.18. The van der Waals surface area contributed by atoms with Crippen molar-refractivity contribution in [3.63, 3.8) is 0 Å². The Labute approximate surface area is 183 Å². The normalized spacial score (nSPS) is 15.5. The third kappa shape index (κ3) is 6.38. The molecule has 1 aliphatic heterocycles. The van der Waals surface area contributed by atoms with E-state index in [9.17, 15) is 0 Å². The Bertz CT molecular complexity index is 704. The van der Waals surface area contributed by atoms with Crippen molar-refractivity contribution in [2.45, 2.75) is 45.7 Å². The second kappa shape index (κ2) is 10.9. The predicted octanol–water partition coefficient (Wildman–Crippen LogP) is 3.40. The predicted molar refractivity (Wildman–Crippen MR) is 126 cm³/mol. The molecule has 27 heavy (non-hydrogen) atoms. The largest absolute Gasteiger partial charge is 0.363 e. The first-order valence-corrected chi connectivity index (χ1v) is 10.3. The average molecular weight is 502 g/mol. The number of piperidine rings is 1. The van der Waals surface area contributed by atoms with E-state index in [0.29, 0.717) is 6.04 Å². The Morgan fingerprint density at radius 3 is 2.70 bits per heavy atom. The number of nitrogens with one attached hydrogen (secondary N) is 2. The van der Waals surface area contributed by atoms with Crippen LogP contribution in [0.3, 0.4) is 0 Å². The van der Waals surface area contributed by atoms with Crippen LogP contribution in [0.15, 0.2) is 28.6 Å². The second-order valence-corrected chi connectivity index (χ2v) is 7.79. The zero-order chi connectivity index (χ0) is 18.4. The van der Waals surface area contributed by atoms with E-state index < -0.39 is 0 Å². The maximum absolute atomic E-state index is 4.51. The maximum atomic E-state index is 4.51. The van der Waals surface area contributed by atoms with E-state index in [0.717, 1.165) is 57.1 Å². The van der Waals surface area contributed by atoms with Gasteiger partial charge in [-0.05, 0) is 56.7 Å². The number of nitrogens with zero attached hydrogens (tertiary/aromatic N) is 4. The molecule has 2 N–H and O–H groups in total. The standard InChI is InChI=1S/C19H30N6S.HI/c1-15-14-16(2)25(23-15)10-5-9-21-19(20-3)22-17-7-11-24(12-8-17)18-6-4-13-26-18;/h4,6,13-14,17H,5,7-12H2,1-3H3,(H2,20,21,22);1H. The van der Waals surface area contributed by atoms with Crippen molar-refractivity contribution in [1.82, 2.24) is 20.4 Å². The zero-order valence-corrected chi connectivity index (χ0v) is 19.6. The van der Waals surface area contributed by atoms with Gasteiger partial charge in [-0.3, -0.25) is 9.67 Å². The molecule has 0 spiro atoms. The van der Waals surface area contributed by atoms with Gasteiger partial charge in [-0.25, -0.2) is 0 Å².